The van der Waals surface area contributed by atoms with E-state index in [-0.39, 0.29) is 12.5 Å². The van der Waals surface area contributed by atoms with Gasteiger partial charge in [-0.25, -0.2) is 9.78 Å². The van der Waals surface area contributed by atoms with Gasteiger partial charge in [0.05, 0.1) is 23.0 Å². The van der Waals surface area contributed by atoms with Gasteiger partial charge in [-0.1, -0.05) is 18.2 Å². The number of rotatable bonds is 4. The molecule has 1 aliphatic carbocycles. The average Bonchev–Trinajstić information content (AvgIpc) is 3.23. The van der Waals surface area contributed by atoms with Crippen LogP contribution in [0.1, 0.15) is 40.2 Å². The summed E-state index contributed by atoms with van der Waals surface area (Å²) in [5, 5.41) is 0.743. The Morgan fingerprint density at radius 3 is 2.76 bits per heavy atom. The fourth-order valence-electron chi connectivity index (χ4n) is 3.58. The molecule has 1 aliphatic rings. The zero-order chi connectivity index (χ0) is 20.4. The van der Waals surface area contributed by atoms with Crippen LogP contribution in [0, 0.1) is 0 Å². The first-order valence-electron chi connectivity index (χ1n) is 9.58. The van der Waals surface area contributed by atoms with Crippen LogP contribution in [0.25, 0.3) is 22.6 Å². The van der Waals surface area contributed by atoms with Gasteiger partial charge in [0.1, 0.15) is 5.76 Å². The molecule has 3 aromatic rings. The van der Waals surface area contributed by atoms with Crippen LogP contribution in [0.5, 0.6) is 0 Å². The van der Waals surface area contributed by atoms with Crippen LogP contribution in [0.2, 0.25) is 0 Å². The molecule has 148 valence electrons. The molecule has 0 saturated carbocycles. The number of hydrogen-bond acceptors (Lipinski definition) is 5. The summed E-state index contributed by atoms with van der Waals surface area (Å²) < 4.78 is 10.8. The zero-order valence-electron chi connectivity index (χ0n) is 16.5. The van der Waals surface area contributed by atoms with E-state index in [1.807, 2.05) is 42.5 Å². The van der Waals surface area contributed by atoms with Gasteiger partial charge in [0.25, 0.3) is 5.91 Å². The molecule has 0 N–H and O–H groups in total. The molecule has 1 amide bonds. The van der Waals surface area contributed by atoms with Crippen LogP contribution >= 0.6 is 0 Å². The third-order valence-corrected chi connectivity index (χ3v) is 5.06. The smallest absolute Gasteiger partial charge is 0.339 e. The first-order chi connectivity index (χ1) is 14.0. The van der Waals surface area contributed by atoms with Crippen molar-refractivity contribution < 1.29 is 18.7 Å². The van der Waals surface area contributed by atoms with E-state index in [1.165, 1.54) is 4.90 Å². The van der Waals surface area contributed by atoms with E-state index in [1.54, 1.807) is 20.4 Å². The lowest BCUT2D eigenvalue weighted by atomic mass is 9.86. The topological polar surface area (TPSA) is 72.6 Å². The first-order valence-corrected chi connectivity index (χ1v) is 9.58. The van der Waals surface area contributed by atoms with E-state index in [0.29, 0.717) is 5.56 Å². The molecule has 0 bridgehead atoms. The van der Waals surface area contributed by atoms with Gasteiger partial charge >= 0.3 is 5.97 Å². The molecule has 2 aromatic heterocycles. The van der Waals surface area contributed by atoms with Crippen molar-refractivity contribution in [3.05, 3.63) is 65.2 Å². The second-order valence-corrected chi connectivity index (χ2v) is 7.23. The largest absolute Gasteiger partial charge is 0.465 e. The number of carbonyl (C=O) groups excluding carboxylic acids is 2. The van der Waals surface area contributed by atoms with Gasteiger partial charge in [-0.3, -0.25) is 4.79 Å². The lowest BCUT2D eigenvalue weighted by Gasteiger charge is -2.22. The predicted octanol–water partition coefficient (Wildman–Crippen LogP) is 3.95. The molecule has 6 heteroatoms. The molecule has 0 atom stereocenters. The highest BCUT2D eigenvalue weighted by molar-refractivity contribution is 6.07. The van der Waals surface area contributed by atoms with Crippen LogP contribution in [0.15, 0.2) is 47.1 Å². The summed E-state index contributed by atoms with van der Waals surface area (Å²) in [7, 11) is 3.26. The van der Waals surface area contributed by atoms with Crippen molar-refractivity contribution in [2.45, 2.75) is 19.3 Å². The van der Waals surface area contributed by atoms with E-state index in [9.17, 15) is 9.59 Å². The lowest BCUT2D eigenvalue weighted by molar-refractivity contribution is -0.131. The summed E-state index contributed by atoms with van der Waals surface area (Å²) in [5.74, 6) is 0.00166. The molecule has 2 heterocycles. The number of fused-ring (bicyclic) bond motifs is 2. The Labute approximate surface area is 168 Å². The summed E-state index contributed by atoms with van der Waals surface area (Å²) in [4.78, 5) is 31.2. The molecular weight excluding hydrogens is 368 g/mol. The summed E-state index contributed by atoms with van der Waals surface area (Å²) in [6.07, 6.45) is 6.09. The third kappa shape index (κ3) is 3.78. The van der Waals surface area contributed by atoms with Crippen molar-refractivity contribution in [3.8, 4) is 0 Å². The number of likely N-dealkylation sites (N-methyl/N-ethyl adjacent to an activating group) is 1. The molecule has 4 rings (SSSR count). The Kier molecular flexibility index (Phi) is 5.16. The van der Waals surface area contributed by atoms with Crippen molar-refractivity contribution in [3.63, 3.8) is 0 Å². The molecule has 0 aliphatic heterocycles. The van der Waals surface area contributed by atoms with Crippen molar-refractivity contribution in [2.75, 3.05) is 20.7 Å². The zero-order valence-corrected chi connectivity index (χ0v) is 16.5. The van der Waals surface area contributed by atoms with Crippen LogP contribution in [0.3, 0.4) is 0 Å². The Morgan fingerprint density at radius 2 is 2.00 bits per heavy atom. The van der Waals surface area contributed by atoms with Crippen LogP contribution in [-0.4, -0.2) is 42.5 Å². The molecule has 0 fully saturated rings. The van der Waals surface area contributed by atoms with E-state index in [4.69, 9.17) is 14.1 Å². The van der Waals surface area contributed by atoms with Crippen molar-refractivity contribution >= 4 is 34.4 Å². The van der Waals surface area contributed by atoms with E-state index < -0.39 is 5.97 Å². The highest BCUT2D eigenvalue weighted by Gasteiger charge is 2.26. The van der Waals surface area contributed by atoms with Crippen LogP contribution < -0.4 is 0 Å². The van der Waals surface area contributed by atoms with Crippen molar-refractivity contribution in [2.24, 2.45) is 0 Å². The fourth-order valence-corrected chi connectivity index (χ4v) is 3.58. The second kappa shape index (κ2) is 7.91. The number of aromatic nitrogens is 1. The minimum Gasteiger partial charge on any atom is -0.465 e. The van der Waals surface area contributed by atoms with Gasteiger partial charge < -0.3 is 14.1 Å². The van der Waals surface area contributed by atoms with Gasteiger partial charge in [-0.2, -0.15) is 0 Å². The lowest BCUT2D eigenvalue weighted by Crippen LogP contribution is -2.28. The summed E-state index contributed by atoms with van der Waals surface area (Å²) in [6, 6.07) is 11.3. The number of esters is 1. The maximum absolute atomic E-state index is 13.0. The van der Waals surface area contributed by atoms with Gasteiger partial charge in [0.2, 0.25) is 0 Å². The average molecular weight is 390 g/mol. The summed E-state index contributed by atoms with van der Waals surface area (Å²) in [5.41, 5.74) is 3.93. The van der Waals surface area contributed by atoms with E-state index >= 15 is 0 Å². The Balaban J connectivity index is 1.81. The minimum atomic E-state index is -0.491. The molecule has 0 unspecified atom stereocenters. The Hall–Kier alpha value is -3.41. The number of pyridine rings is 1. The standard InChI is InChI=1S/C23H22N2O4/c1-25(2)20(26)14-29-23(27)21-17-9-3-4-11-19(17)24-22-15(7-5-10-18(21)22)13-16-8-6-12-28-16/h3-4,6,8-9,11-13H,5,7,10,14H2,1-2H3/b15-13+. The molecule has 6 nitrogen and oxygen atoms in total. The van der Waals surface area contributed by atoms with Crippen molar-refractivity contribution in [1.82, 2.24) is 9.88 Å². The summed E-state index contributed by atoms with van der Waals surface area (Å²) in [6.45, 7) is -0.285. The monoisotopic (exact) mass is 390 g/mol. The maximum atomic E-state index is 13.0. The number of benzene rings is 1. The minimum absolute atomic E-state index is 0.260. The highest BCUT2D eigenvalue weighted by Crippen LogP contribution is 2.36. The number of para-hydroxylation sites is 1. The fraction of sp³-hybridized carbons (Fsp3) is 0.261. The number of furan rings is 1. The first kappa shape index (κ1) is 18.9. The SMILES string of the molecule is CN(C)C(=O)COC(=O)c1c2c(nc3ccccc13)/C(=C/c1ccco1)CCC2. The van der Waals surface area contributed by atoms with Gasteiger partial charge in [-0.05, 0) is 54.7 Å². The van der Waals surface area contributed by atoms with Crippen LogP contribution in [-0.2, 0) is 16.0 Å². The molecule has 29 heavy (non-hydrogen) atoms. The molecule has 1 aromatic carbocycles. The quantitative estimate of drug-likeness (QED) is 0.631. The van der Waals surface area contributed by atoms with Crippen LogP contribution in [0.4, 0.5) is 0 Å². The normalized spacial score (nSPS) is 14.6. The van der Waals surface area contributed by atoms with E-state index in [2.05, 4.69) is 0 Å². The highest BCUT2D eigenvalue weighted by atomic mass is 16.5. The molecule has 0 saturated heterocycles. The number of allylic oxidation sites excluding steroid dienone is 1. The van der Waals surface area contributed by atoms with Gasteiger partial charge in [-0.15, -0.1) is 0 Å². The summed E-state index contributed by atoms with van der Waals surface area (Å²) >= 11 is 0. The second-order valence-electron chi connectivity index (χ2n) is 7.23. The third-order valence-electron chi connectivity index (χ3n) is 5.06. The molecule has 0 radical (unpaired) electrons. The van der Waals surface area contributed by atoms with Crippen molar-refractivity contribution in [1.29, 1.82) is 0 Å². The Morgan fingerprint density at radius 1 is 1.17 bits per heavy atom. The maximum Gasteiger partial charge on any atom is 0.339 e. The van der Waals surface area contributed by atoms with Gasteiger partial charge in [0, 0.05) is 19.5 Å². The molecular formula is C23H22N2O4. The molecule has 0 spiro atoms. The number of ether oxygens (including phenoxy) is 1. The number of amides is 1. The predicted molar refractivity (Wildman–Crippen MR) is 110 cm³/mol. The van der Waals surface area contributed by atoms with E-state index in [0.717, 1.165) is 52.8 Å². The number of carbonyl (C=O) groups is 2. The number of nitrogens with zero attached hydrogens (tertiary/aromatic N) is 2. The van der Waals surface area contributed by atoms with Gasteiger partial charge in [0.15, 0.2) is 6.61 Å². The number of hydrogen-bond donors (Lipinski definition) is 0. The Bertz CT molecular complexity index is 1100.